The van der Waals surface area contributed by atoms with Gasteiger partial charge in [0.1, 0.15) is 0 Å². The number of hydrogen-bond acceptors (Lipinski definition) is 2. The number of rotatable bonds is 7. The second-order valence-electron chi connectivity index (χ2n) is 6.29. The summed E-state index contributed by atoms with van der Waals surface area (Å²) in [4.78, 5) is 0. The molecular weight excluding hydrogens is 227 g/mol. The van der Waals surface area contributed by atoms with E-state index in [-0.39, 0.29) is 7.12 Å². The van der Waals surface area contributed by atoms with Crippen LogP contribution in [0.3, 0.4) is 0 Å². The fourth-order valence-electron chi connectivity index (χ4n) is 2.51. The summed E-state index contributed by atoms with van der Waals surface area (Å²) in [5, 5.41) is 0. The fourth-order valence-corrected chi connectivity index (χ4v) is 4.59. The molecule has 2 nitrogen and oxygen atoms in total. The predicted molar refractivity (Wildman–Crippen MR) is 78.1 cm³/mol. The lowest BCUT2D eigenvalue weighted by Crippen LogP contribution is -2.45. The zero-order valence-corrected chi connectivity index (χ0v) is 13.1. The molecule has 0 saturated carbocycles. The third kappa shape index (κ3) is 5.58. The molecular formula is C13H29BO2Si. The number of hydrogen-bond donors (Lipinski definition) is 0. The van der Waals surface area contributed by atoms with Crippen LogP contribution in [-0.2, 0) is 9.31 Å². The van der Waals surface area contributed by atoms with Crippen LogP contribution in [0.15, 0.2) is 0 Å². The molecule has 0 aliphatic carbocycles. The van der Waals surface area contributed by atoms with Crippen molar-refractivity contribution in [2.24, 2.45) is 0 Å². The lowest BCUT2D eigenvalue weighted by atomic mass is 9.79. The van der Waals surface area contributed by atoms with Gasteiger partial charge in [0.05, 0.1) is 0 Å². The topological polar surface area (TPSA) is 18.5 Å². The highest BCUT2D eigenvalue weighted by Gasteiger charge is 2.40. The van der Waals surface area contributed by atoms with Crippen LogP contribution in [0, 0.1) is 0 Å². The van der Waals surface area contributed by atoms with Gasteiger partial charge in [-0.15, -0.1) is 0 Å². The van der Waals surface area contributed by atoms with E-state index >= 15 is 0 Å². The predicted octanol–water partition coefficient (Wildman–Crippen LogP) is 4.13. The van der Waals surface area contributed by atoms with Gasteiger partial charge >= 0.3 is 7.12 Å². The van der Waals surface area contributed by atoms with Gasteiger partial charge in [-0.1, -0.05) is 58.7 Å². The van der Waals surface area contributed by atoms with Gasteiger partial charge in [0.25, 0.3) is 0 Å². The molecule has 1 unspecified atom stereocenters. The van der Waals surface area contributed by atoms with Crippen molar-refractivity contribution in [3.63, 3.8) is 0 Å². The van der Waals surface area contributed by atoms with Crippen LogP contribution in [-0.4, -0.2) is 28.4 Å². The molecule has 1 aliphatic rings. The molecule has 0 aromatic heterocycles. The molecule has 1 atom stereocenters. The highest BCUT2D eigenvalue weighted by atomic mass is 28.3. The number of unbranched alkanes of at least 4 members (excludes halogenated alkanes) is 3. The molecule has 17 heavy (non-hydrogen) atoms. The van der Waals surface area contributed by atoms with Gasteiger partial charge in [0, 0.05) is 21.3 Å². The fraction of sp³-hybridized carbons (Fsp3) is 1.00. The highest BCUT2D eigenvalue weighted by Crippen LogP contribution is 2.32. The summed E-state index contributed by atoms with van der Waals surface area (Å²) in [6.45, 7) is 11.4. The van der Waals surface area contributed by atoms with Gasteiger partial charge in [-0.2, -0.15) is 0 Å². The molecule has 0 spiro atoms. The first kappa shape index (κ1) is 15.3. The average molecular weight is 256 g/mol. The van der Waals surface area contributed by atoms with Crippen molar-refractivity contribution in [2.75, 3.05) is 13.2 Å². The van der Waals surface area contributed by atoms with E-state index in [0.29, 0.717) is 5.44 Å². The molecule has 100 valence electrons. The quantitative estimate of drug-likeness (QED) is 0.503. The van der Waals surface area contributed by atoms with E-state index in [1.165, 1.54) is 32.1 Å². The molecule has 0 aromatic rings. The molecule has 0 N–H and O–H groups in total. The first-order valence-electron chi connectivity index (χ1n) is 7.29. The SMILES string of the molecule is CCCCCCC(B1OCCCO1)[Si](C)(C)C. The zero-order chi connectivity index (χ0) is 12.7. The molecule has 0 amide bonds. The summed E-state index contributed by atoms with van der Waals surface area (Å²) in [5.74, 6) is 0. The van der Waals surface area contributed by atoms with Crippen molar-refractivity contribution in [3.8, 4) is 0 Å². The molecule has 0 aromatic carbocycles. The van der Waals surface area contributed by atoms with Crippen LogP contribution in [0.5, 0.6) is 0 Å². The van der Waals surface area contributed by atoms with E-state index in [4.69, 9.17) is 9.31 Å². The Morgan fingerprint density at radius 1 is 1.06 bits per heavy atom. The Balaban J connectivity index is 2.42. The lowest BCUT2D eigenvalue weighted by molar-refractivity contribution is 0.130. The minimum Gasteiger partial charge on any atom is -0.411 e. The summed E-state index contributed by atoms with van der Waals surface area (Å²) >= 11 is 0. The van der Waals surface area contributed by atoms with Gasteiger partial charge < -0.3 is 9.31 Å². The van der Waals surface area contributed by atoms with E-state index in [1.807, 2.05) is 0 Å². The molecule has 4 heteroatoms. The van der Waals surface area contributed by atoms with Crippen LogP contribution >= 0.6 is 0 Å². The summed E-state index contributed by atoms with van der Waals surface area (Å²) < 4.78 is 11.7. The van der Waals surface area contributed by atoms with E-state index in [9.17, 15) is 0 Å². The van der Waals surface area contributed by atoms with Crippen molar-refractivity contribution in [3.05, 3.63) is 0 Å². The lowest BCUT2D eigenvalue weighted by Gasteiger charge is -2.34. The Labute approximate surface area is 109 Å². The Morgan fingerprint density at radius 2 is 1.71 bits per heavy atom. The van der Waals surface area contributed by atoms with Crippen LogP contribution in [0.25, 0.3) is 0 Å². The maximum atomic E-state index is 5.84. The molecule has 0 radical (unpaired) electrons. The molecule has 1 rings (SSSR count). The third-order valence-corrected chi connectivity index (χ3v) is 6.45. The van der Waals surface area contributed by atoms with E-state index < -0.39 is 8.07 Å². The van der Waals surface area contributed by atoms with E-state index in [2.05, 4.69) is 26.6 Å². The van der Waals surface area contributed by atoms with Gasteiger partial charge in [-0.25, -0.2) is 0 Å². The molecule has 1 fully saturated rings. The minimum absolute atomic E-state index is 0.0945. The van der Waals surface area contributed by atoms with Crippen molar-refractivity contribution < 1.29 is 9.31 Å². The molecule has 0 bridgehead atoms. The first-order valence-corrected chi connectivity index (χ1v) is 10.9. The monoisotopic (exact) mass is 256 g/mol. The first-order chi connectivity index (χ1) is 8.05. The van der Waals surface area contributed by atoms with Crippen LogP contribution in [0.4, 0.5) is 0 Å². The molecule has 1 heterocycles. The normalized spacial score (nSPS) is 19.4. The van der Waals surface area contributed by atoms with Gasteiger partial charge in [-0.3, -0.25) is 0 Å². The highest BCUT2D eigenvalue weighted by molar-refractivity contribution is 6.86. The van der Waals surface area contributed by atoms with E-state index in [0.717, 1.165) is 19.6 Å². The maximum absolute atomic E-state index is 5.84. The second-order valence-corrected chi connectivity index (χ2v) is 11.8. The maximum Gasteiger partial charge on any atom is 0.457 e. The van der Waals surface area contributed by atoms with Crippen molar-refractivity contribution in [1.82, 2.24) is 0 Å². The average Bonchev–Trinajstić information content (AvgIpc) is 2.28. The van der Waals surface area contributed by atoms with Crippen LogP contribution < -0.4 is 0 Å². The minimum atomic E-state index is -1.18. The summed E-state index contributed by atoms with van der Waals surface area (Å²) in [5.41, 5.74) is 0.666. The van der Waals surface area contributed by atoms with Gasteiger partial charge in [-0.05, 0) is 11.9 Å². The van der Waals surface area contributed by atoms with Crippen molar-refractivity contribution in [2.45, 2.75) is 70.5 Å². The Kier molecular flexibility index (Phi) is 6.82. The molecule has 1 aliphatic heterocycles. The summed E-state index contributed by atoms with van der Waals surface area (Å²) in [7, 11) is -1.09. The zero-order valence-electron chi connectivity index (χ0n) is 12.1. The van der Waals surface area contributed by atoms with E-state index in [1.54, 1.807) is 0 Å². The third-order valence-electron chi connectivity index (χ3n) is 3.66. The Bertz CT molecular complexity index is 200. The Morgan fingerprint density at radius 3 is 2.24 bits per heavy atom. The smallest absolute Gasteiger partial charge is 0.411 e. The van der Waals surface area contributed by atoms with Crippen molar-refractivity contribution >= 4 is 15.2 Å². The van der Waals surface area contributed by atoms with Crippen LogP contribution in [0.1, 0.15) is 45.4 Å². The molecule has 1 saturated heterocycles. The Hall–Kier alpha value is 0.202. The van der Waals surface area contributed by atoms with Gasteiger partial charge in [0.2, 0.25) is 0 Å². The summed E-state index contributed by atoms with van der Waals surface area (Å²) in [6, 6.07) is 0. The standard InChI is InChI=1S/C13H29BO2Si/c1-5-6-7-8-10-13(17(2,3)4)14-15-11-9-12-16-14/h13H,5-12H2,1-4H3. The largest absolute Gasteiger partial charge is 0.457 e. The van der Waals surface area contributed by atoms with Gasteiger partial charge in [0.15, 0.2) is 0 Å². The summed E-state index contributed by atoms with van der Waals surface area (Å²) in [6.07, 6.45) is 7.74. The van der Waals surface area contributed by atoms with Crippen molar-refractivity contribution in [1.29, 1.82) is 0 Å². The second kappa shape index (κ2) is 7.60. The van der Waals surface area contributed by atoms with Crippen LogP contribution in [0.2, 0.25) is 25.1 Å².